The molecule has 0 unspecified atom stereocenters. The second-order valence-electron chi connectivity index (χ2n) is 7.91. The third kappa shape index (κ3) is 6.01. The number of amides is 1. The fourth-order valence-corrected chi connectivity index (χ4v) is 5.00. The molecule has 3 atom stereocenters. The molecule has 1 amide bonds. The highest BCUT2D eigenvalue weighted by Gasteiger charge is 2.43. The fourth-order valence-electron chi connectivity index (χ4n) is 4.06. The standard InChI is InChI=1S/C21H30N2O6S/c24-15-5-3-8-17(13-15)30-23(29-16-6-1-2-7-16)11-4-10-22-21(25)28-19-14-27-20-18(19)9-12-26-20/h3,5,8,13,16,18-20,24H,1-2,4,6-7,9-12,14H2,(H,22,25)/t18-,19-,20+/m0/s1. The number of ether oxygens (including phenoxy) is 3. The van der Waals surface area contributed by atoms with Gasteiger partial charge in [-0.05, 0) is 55.8 Å². The molecule has 0 spiro atoms. The summed E-state index contributed by atoms with van der Waals surface area (Å²) < 4.78 is 18.3. The monoisotopic (exact) mass is 438 g/mol. The Hall–Kier alpha value is -1.52. The zero-order chi connectivity index (χ0) is 20.8. The van der Waals surface area contributed by atoms with Gasteiger partial charge in [-0.25, -0.2) is 4.79 Å². The van der Waals surface area contributed by atoms with E-state index in [0.29, 0.717) is 32.7 Å². The highest BCUT2D eigenvalue weighted by atomic mass is 32.2. The van der Waals surface area contributed by atoms with Crippen molar-refractivity contribution >= 4 is 18.0 Å². The van der Waals surface area contributed by atoms with Gasteiger partial charge in [0.05, 0.1) is 25.2 Å². The fraction of sp³-hybridized carbons (Fsp3) is 0.667. The molecule has 3 fully saturated rings. The molecule has 4 rings (SSSR count). The van der Waals surface area contributed by atoms with Gasteiger partial charge in [0.15, 0.2) is 6.29 Å². The first-order valence-electron chi connectivity index (χ1n) is 10.8. The van der Waals surface area contributed by atoms with Crippen molar-refractivity contribution in [3.05, 3.63) is 24.3 Å². The number of carbonyl (C=O) groups is 1. The summed E-state index contributed by atoms with van der Waals surface area (Å²) >= 11 is 1.46. The van der Waals surface area contributed by atoms with E-state index in [-0.39, 0.29) is 30.2 Å². The Morgan fingerprint density at radius 2 is 2.13 bits per heavy atom. The largest absolute Gasteiger partial charge is 0.508 e. The van der Waals surface area contributed by atoms with Gasteiger partial charge in [-0.15, -0.1) is 4.47 Å². The average Bonchev–Trinajstić information content (AvgIpc) is 3.45. The van der Waals surface area contributed by atoms with Gasteiger partial charge in [-0.2, -0.15) is 0 Å². The van der Waals surface area contributed by atoms with Crippen LogP contribution in [0.2, 0.25) is 0 Å². The molecule has 1 aromatic carbocycles. The van der Waals surface area contributed by atoms with Crippen molar-refractivity contribution in [2.45, 2.75) is 61.9 Å². The van der Waals surface area contributed by atoms with Crippen LogP contribution in [0.25, 0.3) is 0 Å². The number of carbonyl (C=O) groups excluding carboxylic acids is 1. The Kier molecular flexibility index (Phi) is 7.72. The first kappa shape index (κ1) is 21.7. The van der Waals surface area contributed by atoms with Crippen LogP contribution in [-0.2, 0) is 19.0 Å². The maximum absolute atomic E-state index is 12.1. The van der Waals surface area contributed by atoms with E-state index < -0.39 is 6.09 Å². The number of rotatable bonds is 9. The Labute approximate surface area is 181 Å². The van der Waals surface area contributed by atoms with Crippen molar-refractivity contribution in [1.29, 1.82) is 0 Å². The molecule has 3 aliphatic rings. The Balaban J connectivity index is 1.20. The number of phenolic OH excluding ortho intramolecular Hbond substituents is 1. The first-order valence-corrected chi connectivity index (χ1v) is 11.5. The molecule has 2 heterocycles. The van der Waals surface area contributed by atoms with Gasteiger partial charge in [0.1, 0.15) is 11.9 Å². The molecule has 9 heteroatoms. The topological polar surface area (TPSA) is 89.5 Å². The van der Waals surface area contributed by atoms with E-state index in [1.54, 1.807) is 12.1 Å². The number of nitrogens with one attached hydrogen (secondary N) is 1. The van der Waals surface area contributed by atoms with E-state index in [1.807, 2.05) is 16.6 Å². The van der Waals surface area contributed by atoms with Crippen molar-refractivity contribution < 1.29 is 28.9 Å². The number of phenols is 1. The molecule has 1 aliphatic carbocycles. The second-order valence-corrected chi connectivity index (χ2v) is 8.97. The van der Waals surface area contributed by atoms with Crippen LogP contribution < -0.4 is 5.32 Å². The van der Waals surface area contributed by atoms with Crippen LogP contribution in [0, 0.1) is 5.92 Å². The minimum atomic E-state index is -0.417. The van der Waals surface area contributed by atoms with Gasteiger partial charge < -0.3 is 24.6 Å². The van der Waals surface area contributed by atoms with E-state index in [0.717, 1.165) is 24.2 Å². The highest BCUT2D eigenvalue weighted by Crippen LogP contribution is 2.33. The molecule has 2 aliphatic heterocycles. The molecule has 1 saturated carbocycles. The van der Waals surface area contributed by atoms with Crippen LogP contribution in [0.3, 0.4) is 0 Å². The first-order chi connectivity index (χ1) is 14.7. The summed E-state index contributed by atoms with van der Waals surface area (Å²) in [5.74, 6) is 0.376. The van der Waals surface area contributed by atoms with Gasteiger partial charge in [0.25, 0.3) is 0 Å². The summed E-state index contributed by atoms with van der Waals surface area (Å²) in [5, 5.41) is 12.5. The number of alkyl carbamates (subject to hydrolysis) is 1. The second kappa shape index (κ2) is 10.7. The van der Waals surface area contributed by atoms with Crippen molar-refractivity contribution in [3.8, 4) is 5.75 Å². The predicted octanol–water partition coefficient (Wildman–Crippen LogP) is 3.45. The van der Waals surface area contributed by atoms with Crippen LogP contribution in [0.15, 0.2) is 29.2 Å². The molecule has 30 heavy (non-hydrogen) atoms. The maximum Gasteiger partial charge on any atom is 0.407 e. The van der Waals surface area contributed by atoms with E-state index in [1.165, 1.54) is 24.8 Å². The lowest BCUT2D eigenvalue weighted by molar-refractivity contribution is -0.122. The zero-order valence-corrected chi connectivity index (χ0v) is 17.9. The highest BCUT2D eigenvalue weighted by molar-refractivity contribution is 7.96. The van der Waals surface area contributed by atoms with Crippen LogP contribution in [0.1, 0.15) is 38.5 Å². The normalized spacial score (nSPS) is 26.2. The number of nitrogens with zero attached hydrogens (tertiary/aromatic N) is 1. The number of hydrogen-bond acceptors (Lipinski definition) is 8. The minimum absolute atomic E-state index is 0.143. The summed E-state index contributed by atoms with van der Waals surface area (Å²) in [4.78, 5) is 19.2. The number of hydroxylamine groups is 1. The minimum Gasteiger partial charge on any atom is -0.508 e. The van der Waals surface area contributed by atoms with Crippen LogP contribution in [0.5, 0.6) is 5.75 Å². The Bertz CT molecular complexity index is 702. The average molecular weight is 439 g/mol. The molecule has 0 aromatic heterocycles. The molecule has 1 aromatic rings. The van der Waals surface area contributed by atoms with Crippen molar-refractivity contribution in [2.24, 2.45) is 5.92 Å². The lowest BCUT2D eigenvalue weighted by Crippen LogP contribution is -2.34. The van der Waals surface area contributed by atoms with Gasteiger partial charge in [0.2, 0.25) is 0 Å². The number of benzene rings is 1. The van der Waals surface area contributed by atoms with E-state index in [4.69, 9.17) is 19.0 Å². The molecular formula is C21H30N2O6S. The molecule has 2 saturated heterocycles. The maximum atomic E-state index is 12.1. The summed E-state index contributed by atoms with van der Waals surface area (Å²) in [6.07, 6.45) is 5.46. The Morgan fingerprint density at radius 3 is 2.97 bits per heavy atom. The zero-order valence-electron chi connectivity index (χ0n) is 17.0. The molecule has 0 radical (unpaired) electrons. The third-order valence-corrected chi connectivity index (χ3v) is 6.56. The van der Waals surface area contributed by atoms with Crippen LogP contribution in [-0.4, -0.2) is 60.5 Å². The predicted molar refractivity (Wildman–Crippen MR) is 111 cm³/mol. The number of aromatic hydroxyl groups is 1. The smallest absolute Gasteiger partial charge is 0.407 e. The van der Waals surface area contributed by atoms with Gasteiger partial charge >= 0.3 is 6.09 Å². The van der Waals surface area contributed by atoms with Gasteiger partial charge in [-0.1, -0.05) is 18.9 Å². The van der Waals surface area contributed by atoms with Crippen LogP contribution >= 0.6 is 11.9 Å². The van der Waals surface area contributed by atoms with Crippen molar-refractivity contribution in [2.75, 3.05) is 26.3 Å². The molecule has 2 N–H and O–H groups in total. The number of fused-ring (bicyclic) bond motifs is 1. The number of hydrogen-bond donors (Lipinski definition) is 2. The summed E-state index contributed by atoms with van der Waals surface area (Å²) in [7, 11) is 0. The summed E-state index contributed by atoms with van der Waals surface area (Å²) in [6.45, 7) is 2.18. The lowest BCUT2D eigenvalue weighted by Gasteiger charge is -2.24. The Morgan fingerprint density at radius 1 is 1.27 bits per heavy atom. The molecule has 166 valence electrons. The molecule has 0 bridgehead atoms. The van der Waals surface area contributed by atoms with E-state index in [2.05, 4.69) is 5.32 Å². The van der Waals surface area contributed by atoms with Gasteiger partial charge in [0, 0.05) is 18.0 Å². The quantitative estimate of drug-likeness (QED) is 0.344. The lowest BCUT2D eigenvalue weighted by atomic mass is 10.0. The van der Waals surface area contributed by atoms with Gasteiger partial charge in [-0.3, -0.25) is 4.84 Å². The van der Waals surface area contributed by atoms with Crippen molar-refractivity contribution in [1.82, 2.24) is 9.79 Å². The summed E-state index contributed by atoms with van der Waals surface area (Å²) in [6, 6.07) is 7.12. The third-order valence-electron chi connectivity index (χ3n) is 5.62. The van der Waals surface area contributed by atoms with E-state index >= 15 is 0 Å². The SMILES string of the molecule is O=C(NCCCN(OC1CCCC1)Sc1cccc(O)c1)O[C@H]1CO[C@H]2OCC[C@H]21. The molecule has 8 nitrogen and oxygen atoms in total. The summed E-state index contributed by atoms with van der Waals surface area (Å²) in [5.41, 5.74) is 0. The van der Waals surface area contributed by atoms with Crippen LogP contribution in [0.4, 0.5) is 4.79 Å². The van der Waals surface area contributed by atoms with E-state index in [9.17, 15) is 9.90 Å². The molecular weight excluding hydrogens is 408 g/mol. The van der Waals surface area contributed by atoms with Crippen molar-refractivity contribution in [3.63, 3.8) is 0 Å².